The Balaban J connectivity index is 1.40. The van der Waals surface area contributed by atoms with E-state index in [1.165, 1.54) is 49.7 Å². The van der Waals surface area contributed by atoms with Gasteiger partial charge in [0.25, 0.3) is 5.91 Å². The molecule has 0 aliphatic heterocycles. The Morgan fingerprint density at radius 1 is 0.923 bits per heavy atom. The molecule has 0 saturated heterocycles. The van der Waals surface area contributed by atoms with Gasteiger partial charge in [0.1, 0.15) is 0 Å². The van der Waals surface area contributed by atoms with Crippen molar-refractivity contribution in [3.8, 4) is 0 Å². The van der Waals surface area contributed by atoms with Crippen molar-refractivity contribution in [3.05, 3.63) is 65.2 Å². The third kappa shape index (κ3) is 2.67. The Hall–Kier alpha value is -2.09. The first-order chi connectivity index (χ1) is 12.6. The molecule has 0 spiro atoms. The molecule has 2 aromatic carbocycles. The molecule has 6 rings (SSSR count). The van der Waals surface area contributed by atoms with E-state index in [1.54, 1.807) is 0 Å². The Kier molecular flexibility index (Phi) is 3.70. The quantitative estimate of drug-likeness (QED) is 0.758. The summed E-state index contributed by atoms with van der Waals surface area (Å²) < 4.78 is 0. The number of nitrogens with one attached hydrogen (secondary N) is 1. The van der Waals surface area contributed by atoms with Crippen LogP contribution in [0.25, 0.3) is 0 Å². The Bertz CT molecular complexity index is 803. The number of amides is 1. The summed E-state index contributed by atoms with van der Waals surface area (Å²) in [6.45, 7) is 2.13. The molecule has 1 amide bonds. The van der Waals surface area contributed by atoms with Gasteiger partial charge in [0.2, 0.25) is 0 Å². The highest BCUT2D eigenvalue weighted by Crippen LogP contribution is 2.60. The standard InChI is InChI=1S/C24H27NO/c1-16-9-21(24-13-17-10-18(14-24)12-19(11-17)15-24)7-8-22(16)25-23(26)20-5-3-2-4-6-20/h2-9,17-19H,10-15H2,1H3,(H,25,26). The minimum absolute atomic E-state index is 0.0312. The van der Waals surface area contributed by atoms with Gasteiger partial charge in [-0.25, -0.2) is 0 Å². The highest BCUT2D eigenvalue weighted by atomic mass is 16.1. The van der Waals surface area contributed by atoms with Crippen molar-refractivity contribution in [2.24, 2.45) is 17.8 Å². The summed E-state index contributed by atoms with van der Waals surface area (Å²) in [5, 5.41) is 3.09. The summed E-state index contributed by atoms with van der Waals surface area (Å²) in [6.07, 6.45) is 8.58. The topological polar surface area (TPSA) is 29.1 Å². The van der Waals surface area contributed by atoms with Crippen LogP contribution in [0.3, 0.4) is 0 Å². The fourth-order valence-electron chi connectivity index (χ4n) is 6.38. The van der Waals surface area contributed by atoms with Gasteiger partial charge in [-0.05, 0) is 97.9 Å². The van der Waals surface area contributed by atoms with E-state index in [9.17, 15) is 4.79 Å². The average Bonchev–Trinajstić information content (AvgIpc) is 2.63. The minimum Gasteiger partial charge on any atom is -0.322 e. The molecule has 2 heteroatoms. The van der Waals surface area contributed by atoms with E-state index in [0.29, 0.717) is 11.0 Å². The van der Waals surface area contributed by atoms with E-state index in [4.69, 9.17) is 0 Å². The maximum Gasteiger partial charge on any atom is 0.255 e. The van der Waals surface area contributed by atoms with Gasteiger partial charge in [0.05, 0.1) is 0 Å². The average molecular weight is 345 g/mol. The molecular weight excluding hydrogens is 318 g/mol. The lowest BCUT2D eigenvalue weighted by Crippen LogP contribution is -2.48. The third-order valence-corrected chi connectivity index (χ3v) is 7.16. The lowest BCUT2D eigenvalue weighted by Gasteiger charge is -2.57. The Morgan fingerprint density at radius 2 is 1.54 bits per heavy atom. The van der Waals surface area contributed by atoms with Crippen LogP contribution in [0, 0.1) is 24.7 Å². The molecule has 0 aromatic heterocycles. The lowest BCUT2D eigenvalue weighted by atomic mass is 9.48. The Morgan fingerprint density at radius 3 is 2.12 bits per heavy atom. The highest BCUT2D eigenvalue weighted by Gasteiger charge is 2.51. The monoisotopic (exact) mass is 345 g/mol. The van der Waals surface area contributed by atoms with Crippen molar-refractivity contribution in [1.82, 2.24) is 0 Å². The molecule has 0 unspecified atom stereocenters. The van der Waals surface area contributed by atoms with Crippen LogP contribution in [0.15, 0.2) is 48.5 Å². The zero-order chi connectivity index (χ0) is 17.7. The van der Waals surface area contributed by atoms with Gasteiger partial charge in [0.15, 0.2) is 0 Å². The van der Waals surface area contributed by atoms with E-state index in [0.717, 1.165) is 23.4 Å². The molecule has 2 aromatic rings. The third-order valence-electron chi connectivity index (χ3n) is 7.16. The van der Waals surface area contributed by atoms with Gasteiger partial charge in [-0.3, -0.25) is 4.79 Å². The molecule has 2 nitrogen and oxygen atoms in total. The largest absolute Gasteiger partial charge is 0.322 e. The number of aryl methyl sites for hydroxylation is 1. The zero-order valence-corrected chi connectivity index (χ0v) is 15.5. The predicted octanol–water partition coefficient (Wildman–Crippen LogP) is 5.72. The zero-order valence-electron chi connectivity index (χ0n) is 15.5. The van der Waals surface area contributed by atoms with Crippen LogP contribution in [-0.4, -0.2) is 5.91 Å². The normalized spacial score (nSPS) is 31.8. The van der Waals surface area contributed by atoms with Crippen LogP contribution in [0.2, 0.25) is 0 Å². The maximum absolute atomic E-state index is 12.5. The van der Waals surface area contributed by atoms with E-state index in [1.807, 2.05) is 30.3 Å². The molecule has 0 heterocycles. The second kappa shape index (κ2) is 5.97. The van der Waals surface area contributed by atoms with Gasteiger partial charge >= 0.3 is 0 Å². The second-order valence-corrected chi connectivity index (χ2v) is 9.05. The van der Waals surface area contributed by atoms with Crippen LogP contribution in [-0.2, 0) is 5.41 Å². The molecular formula is C24H27NO. The fourth-order valence-corrected chi connectivity index (χ4v) is 6.38. The molecule has 4 aliphatic rings. The van der Waals surface area contributed by atoms with E-state index < -0.39 is 0 Å². The number of carbonyl (C=O) groups excluding carboxylic acids is 1. The lowest BCUT2D eigenvalue weighted by molar-refractivity contribution is -0.00520. The molecule has 26 heavy (non-hydrogen) atoms. The van der Waals surface area contributed by atoms with Crippen LogP contribution in [0.5, 0.6) is 0 Å². The molecule has 4 aliphatic carbocycles. The van der Waals surface area contributed by atoms with Gasteiger partial charge in [0, 0.05) is 11.3 Å². The first kappa shape index (κ1) is 16.1. The maximum atomic E-state index is 12.5. The first-order valence-electron chi connectivity index (χ1n) is 10.1. The van der Waals surface area contributed by atoms with Gasteiger partial charge in [-0.1, -0.05) is 30.3 Å². The number of hydrogen-bond acceptors (Lipinski definition) is 1. The summed E-state index contributed by atoms with van der Waals surface area (Å²) >= 11 is 0. The van der Waals surface area contributed by atoms with Crippen LogP contribution in [0.1, 0.15) is 60.0 Å². The number of rotatable bonds is 3. The predicted molar refractivity (Wildman–Crippen MR) is 105 cm³/mol. The van der Waals surface area contributed by atoms with Crippen LogP contribution >= 0.6 is 0 Å². The number of anilines is 1. The number of carbonyl (C=O) groups is 1. The SMILES string of the molecule is Cc1cc(C23CC4CC(CC(C4)C2)C3)ccc1NC(=O)c1ccccc1. The van der Waals surface area contributed by atoms with E-state index in [2.05, 4.69) is 30.4 Å². The number of hydrogen-bond donors (Lipinski definition) is 1. The van der Waals surface area contributed by atoms with Crippen molar-refractivity contribution in [3.63, 3.8) is 0 Å². The highest BCUT2D eigenvalue weighted by molar-refractivity contribution is 6.04. The van der Waals surface area contributed by atoms with Crippen molar-refractivity contribution in [2.75, 3.05) is 5.32 Å². The van der Waals surface area contributed by atoms with Crippen molar-refractivity contribution in [1.29, 1.82) is 0 Å². The molecule has 4 saturated carbocycles. The molecule has 0 radical (unpaired) electrons. The molecule has 4 fully saturated rings. The molecule has 4 bridgehead atoms. The molecule has 134 valence electrons. The van der Waals surface area contributed by atoms with Gasteiger partial charge in [-0.2, -0.15) is 0 Å². The minimum atomic E-state index is -0.0312. The van der Waals surface area contributed by atoms with Crippen molar-refractivity contribution in [2.45, 2.75) is 50.9 Å². The van der Waals surface area contributed by atoms with Gasteiger partial charge < -0.3 is 5.32 Å². The number of benzene rings is 2. The van der Waals surface area contributed by atoms with E-state index >= 15 is 0 Å². The Labute approximate surface area is 156 Å². The summed E-state index contributed by atoms with van der Waals surface area (Å²) in [6, 6.07) is 16.2. The summed E-state index contributed by atoms with van der Waals surface area (Å²) in [7, 11) is 0. The van der Waals surface area contributed by atoms with Gasteiger partial charge in [-0.15, -0.1) is 0 Å². The smallest absolute Gasteiger partial charge is 0.255 e. The van der Waals surface area contributed by atoms with E-state index in [-0.39, 0.29) is 5.91 Å². The van der Waals surface area contributed by atoms with Crippen molar-refractivity contribution >= 4 is 11.6 Å². The van der Waals surface area contributed by atoms with Crippen LogP contribution in [0.4, 0.5) is 5.69 Å². The summed E-state index contributed by atoms with van der Waals surface area (Å²) in [4.78, 5) is 12.5. The molecule has 0 atom stereocenters. The summed E-state index contributed by atoms with van der Waals surface area (Å²) in [5.74, 6) is 2.84. The fraction of sp³-hybridized carbons (Fsp3) is 0.458. The van der Waals surface area contributed by atoms with Crippen molar-refractivity contribution < 1.29 is 4.79 Å². The summed E-state index contributed by atoms with van der Waals surface area (Å²) in [5.41, 5.74) is 4.76. The first-order valence-corrected chi connectivity index (χ1v) is 10.1. The molecule has 1 N–H and O–H groups in total. The van der Waals surface area contributed by atoms with Crippen LogP contribution < -0.4 is 5.32 Å². The second-order valence-electron chi connectivity index (χ2n) is 9.05.